The van der Waals surface area contributed by atoms with Crippen LogP contribution in [0.25, 0.3) is 0 Å². The number of rotatable bonds is 3. The Balaban J connectivity index is 2.66. The van der Waals surface area contributed by atoms with Crippen LogP contribution in [0, 0.1) is 0 Å². The topological polar surface area (TPSA) is 33.1 Å². The number of aromatic nitrogens is 1. The molecule has 3 heteroatoms. The van der Waals surface area contributed by atoms with Crippen molar-refractivity contribution in [1.29, 1.82) is 0 Å². The fourth-order valence-corrected chi connectivity index (χ4v) is 1.69. The van der Waals surface area contributed by atoms with Crippen LogP contribution in [-0.4, -0.2) is 16.7 Å². The molecule has 0 aromatic carbocycles. The lowest BCUT2D eigenvalue weighted by molar-refractivity contribution is 0.298. The van der Waals surface area contributed by atoms with Crippen molar-refractivity contribution in [3.8, 4) is 0 Å². The Bertz CT molecular complexity index is 220. The Kier molecular flexibility index (Phi) is 3.02. The smallest absolute Gasteiger partial charge is 0.0953 e. The Labute approximate surface area is 70.9 Å². The van der Waals surface area contributed by atoms with E-state index in [2.05, 4.69) is 18.8 Å². The second-order valence-electron chi connectivity index (χ2n) is 2.81. The molecule has 0 saturated heterocycles. The SMILES string of the molecule is CC(C)c1nc(CCO)cs1. The normalized spacial score (nSPS) is 10.9. The quantitative estimate of drug-likeness (QED) is 0.752. The highest BCUT2D eigenvalue weighted by Crippen LogP contribution is 2.18. The second kappa shape index (κ2) is 3.83. The third-order valence-corrected chi connectivity index (χ3v) is 2.63. The Morgan fingerprint density at radius 2 is 2.36 bits per heavy atom. The van der Waals surface area contributed by atoms with Gasteiger partial charge in [0.25, 0.3) is 0 Å². The van der Waals surface area contributed by atoms with Crippen LogP contribution in [0.5, 0.6) is 0 Å². The molecule has 1 rings (SSSR count). The van der Waals surface area contributed by atoms with Crippen molar-refractivity contribution in [2.45, 2.75) is 26.2 Å². The molecule has 1 aromatic rings. The average molecular weight is 171 g/mol. The lowest BCUT2D eigenvalue weighted by Crippen LogP contribution is -1.92. The Morgan fingerprint density at radius 3 is 2.82 bits per heavy atom. The summed E-state index contributed by atoms with van der Waals surface area (Å²) in [5.41, 5.74) is 1.02. The molecular weight excluding hydrogens is 158 g/mol. The van der Waals surface area contributed by atoms with Crippen LogP contribution in [0.1, 0.15) is 30.5 Å². The van der Waals surface area contributed by atoms with Crippen molar-refractivity contribution in [2.24, 2.45) is 0 Å². The predicted molar refractivity (Wildman–Crippen MR) is 47.0 cm³/mol. The van der Waals surface area contributed by atoms with Gasteiger partial charge in [0, 0.05) is 24.3 Å². The van der Waals surface area contributed by atoms with E-state index >= 15 is 0 Å². The van der Waals surface area contributed by atoms with Gasteiger partial charge in [-0.05, 0) is 0 Å². The van der Waals surface area contributed by atoms with E-state index < -0.39 is 0 Å². The molecule has 1 heterocycles. The first-order valence-corrected chi connectivity index (χ1v) is 4.67. The van der Waals surface area contributed by atoms with Gasteiger partial charge >= 0.3 is 0 Å². The second-order valence-corrected chi connectivity index (χ2v) is 3.70. The minimum atomic E-state index is 0.196. The molecule has 0 saturated carbocycles. The lowest BCUT2D eigenvalue weighted by Gasteiger charge is -1.95. The van der Waals surface area contributed by atoms with Gasteiger partial charge in [0.05, 0.1) is 10.7 Å². The van der Waals surface area contributed by atoms with Crippen molar-refractivity contribution in [3.05, 3.63) is 16.1 Å². The van der Waals surface area contributed by atoms with Crippen LogP contribution in [0.3, 0.4) is 0 Å². The van der Waals surface area contributed by atoms with Gasteiger partial charge in [-0.25, -0.2) is 4.98 Å². The predicted octanol–water partition coefficient (Wildman–Crippen LogP) is 1.80. The zero-order chi connectivity index (χ0) is 8.27. The molecule has 0 fully saturated rings. The molecule has 0 atom stereocenters. The number of hydrogen-bond acceptors (Lipinski definition) is 3. The van der Waals surface area contributed by atoms with Crippen molar-refractivity contribution >= 4 is 11.3 Å². The van der Waals surface area contributed by atoms with Gasteiger partial charge in [-0.15, -0.1) is 11.3 Å². The summed E-state index contributed by atoms with van der Waals surface area (Å²) in [6.07, 6.45) is 0.684. The zero-order valence-corrected chi connectivity index (χ0v) is 7.69. The van der Waals surface area contributed by atoms with E-state index in [1.54, 1.807) is 11.3 Å². The number of hydrogen-bond donors (Lipinski definition) is 1. The third kappa shape index (κ3) is 2.27. The third-order valence-electron chi connectivity index (χ3n) is 1.43. The maximum atomic E-state index is 8.63. The molecule has 0 radical (unpaired) electrons. The van der Waals surface area contributed by atoms with E-state index in [0.717, 1.165) is 10.7 Å². The molecule has 1 N–H and O–H groups in total. The van der Waals surface area contributed by atoms with Crippen LogP contribution in [0.2, 0.25) is 0 Å². The number of aliphatic hydroxyl groups excluding tert-OH is 1. The highest BCUT2D eigenvalue weighted by molar-refractivity contribution is 7.09. The van der Waals surface area contributed by atoms with Crippen molar-refractivity contribution in [2.75, 3.05) is 6.61 Å². The molecular formula is C8H13NOS. The number of aliphatic hydroxyl groups is 1. The first-order chi connectivity index (χ1) is 5.24. The van der Waals surface area contributed by atoms with Crippen molar-refractivity contribution < 1.29 is 5.11 Å². The summed E-state index contributed by atoms with van der Waals surface area (Å²) < 4.78 is 0. The maximum Gasteiger partial charge on any atom is 0.0953 e. The highest BCUT2D eigenvalue weighted by Gasteiger charge is 2.04. The van der Waals surface area contributed by atoms with Gasteiger partial charge in [0.15, 0.2) is 0 Å². The van der Waals surface area contributed by atoms with Gasteiger partial charge < -0.3 is 5.11 Å². The van der Waals surface area contributed by atoms with Crippen LogP contribution in [-0.2, 0) is 6.42 Å². The molecule has 11 heavy (non-hydrogen) atoms. The summed E-state index contributed by atoms with van der Waals surface area (Å²) in [4.78, 5) is 4.36. The number of nitrogens with zero attached hydrogens (tertiary/aromatic N) is 1. The van der Waals surface area contributed by atoms with Crippen LogP contribution >= 0.6 is 11.3 Å². The zero-order valence-electron chi connectivity index (χ0n) is 6.87. The van der Waals surface area contributed by atoms with E-state index in [4.69, 9.17) is 5.11 Å². The minimum Gasteiger partial charge on any atom is -0.396 e. The molecule has 0 amide bonds. The van der Waals surface area contributed by atoms with Crippen LogP contribution in [0.4, 0.5) is 0 Å². The highest BCUT2D eigenvalue weighted by atomic mass is 32.1. The van der Waals surface area contributed by atoms with Crippen LogP contribution < -0.4 is 0 Å². The standard InChI is InChI=1S/C8H13NOS/c1-6(2)8-9-7(3-4-10)5-11-8/h5-6,10H,3-4H2,1-2H3. The van der Waals surface area contributed by atoms with E-state index in [0.29, 0.717) is 12.3 Å². The molecule has 0 aliphatic carbocycles. The van der Waals surface area contributed by atoms with Gasteiger partial charge in [0.1, 0.15) is 0 Å². The van der Waals surface area contributed by atoms with Gasteiger partial charge in [0.2, 0.25) is 0 Å². The summed E-state index contributed by atoms with van der Waals surface area (Å²) in [5, 5.41) is 11.8. The van der Waals surface area contributed by atoms with Gasteiger partial charge in [-0.3, -0.25) is 0 Å². The average Bonchev–Trinajstić information content (AvgIpc) is 2.37. The van der Waals surface area contributed by atoms with E-state index in [9.17, 15) is 0 Å². The molecule has 0 bridgehead atoms. The molecule has 62 valence electrons. The van der Waals surface area contributed by atoms with E-state index in [1.807, 2.05) is 5.38 Å². The summed E-state index contributed by atoms with van der Waals surface area (Å²) in [7, 11) is 0. The summed E-state index contributed by atoms with van der Waals surface area (Å²) in [6, 6.07) is 0. The summed E-state index contributed by atoms with van der Waals surface area (Å²) in [5.74, 6) is 0.507. The van der Waals surface area contributed by atoms with Gasteiger partial charge in [-0.1, -0.05) is 13.8 Å². The maximum absolute atomic E-state index is 8.63. The lowest BCUT2D eigenvalue weighted by atomic mass is 10.2. The number of thiazole rings is 1. The van der Waals surface area contributed by atoms with Gasteiger partial charge in [-0.2, -0.15) is 0 Å². The fraction of sp³-hybridized carbons (Fsp3) is 0.625. The summed E-state index contributed by atoms with van der Waals surface area (Å²) >= 11 is 1.68. The largest absolute Gasteiger partial charge is 0.396 e. The monoisotopic (exact) mass is 171 g/mol. The Morgan fingerprint density at radius 1 is 1.64 bits per heavy atom. The Hall–Kier alpha value is -0.410. The van der Waals surface area contributed by atoms with Crippen molar-refractivity contribution in [1.82, 2.24) is 4.98 Å². The van der Waals surface area contributed by atoms with Crippen molar-refractivity contribution in [3.63, 3.8) is 0 Å². The molecule has 0 unspecified atom stereocenters. The fourth-order valence-electron chi connectivity index (χ4n) is 0.817. The first-order valence-electron chi connectivity index (χ1n) is 3.79. The molecule has 0 aliphatic rings. The minimum absolute atomic E-state index is 0.196. The van der Waals surface area contributed by atoms with E-state index in [1.165, 1.54) is 0 Å². The van der Waals surface area contributed by atoms with E-state index in [-0.39, 0.29) is 6.61 Å². The summed E-state index contributed by atoms with van der Waals surface area (Å²) in [6.45, 7) is 4.45. The molecule has 0 spiro atoms. The molecule has 1 aromatic heterocycles. The molecule has 2 nitrogen and oxygen atoms in total. The van der Waals surface area contributed by atoms with Crippen LogP contribution in [0.15, 0.2) is 5.38 Å². The molecule has 0 aliphatic heterocycles. The first kappa shape index (κ1) is 8.68.